The van der Waals surface area contributed by atoms with Gasteiger partial charge in [0.1, 0.15) is 29.1 Å². The average molecular weight is 426 g/mol. The van der Waals surface area contributed by atoms with Crippen molar-refractivity contribution in [3.63, 3.8) is 0 Å². The number of hydrogen-bond donors (Lipinski definition) is 3. The van der Waals surface area contributed by atoms with Crippen LogP contribution in [-0.2, 0) is 4.79 Å². The van der Waals surface area contributed by atoms with Crippen molar-refractivity contribution in [3.05, 3.63) is 59.4 Å². The smallest absolute Gasteiger partial charge is 0.257 e. The Hall–Kier alpha value is -3.29. The molecule has 1 fully saturated rings. The van der Waals surface area contributed by atoms with Gasteiger partial charge < -0.3 is 15.6 Å². The van der Waals surface area contributed by atoms with Crippen molar-refractivity contribution >= 4 is 28.5 Å². The Labute approximate surface area is 178 Å². The van der Waals surface area contributed by atoms with E-state index in [4.69, 9.17) is 0 Å². The second-order valence-electron chi connectivity index (χ2n) is 8.26. The zero-order valence-corrected chi connectivity index (χ0v) is 17.3. The minimum Gasteiger partial charge on any atom is -0.342 e. The van der Waals surface area contributed by atoms with E-state index in [9.17, 15) is 18.4 Å². The summed E-state index contributed by atoms with van der Waals surface area (Å²) in [4.78, 5) is 33.2. The summed E-state index contributed by atoms with van der Waals surface area (Å²) in [6.45, 7) is 3.48. The number of nitrogens with zero attached hydrogens (tertiary/aromatic N) is 1. The first kappa shape index (κ1) is 21.0. The highest BCUT2D eigenvalue weighted by Crippen LogP contribution is 2.35. The molecule has 1 heterocycles. The molecule has 0 spiro atoms. The number of rotatable bonds is 6. The minimum atomic E-state index is -0.979. The number of hydrogen-bond acceptors (Lipinski definition) is 3. The van der Waals surface area contributed by atoms with E-state index in [-0.39, 0.29) is 5.92 Å². The van der Waals surface area contributed by atoms with Crippen molar-refractivity contribution < 1.29 is 18.4 Å². The molecule has 6 nitrogen and oxygen atoms in total. The highest BCUT2D eigenvalue weighted by Gasteiger charge is 2.28. The van der Waals surface area contributed by atoms with E-state index in [1.807, 2.05) is 6.07 Å². The van der Waals surface area contributed by atoms with Crippen LogP contribution in [0, 0.1) is 17.6 Å². The molecular weight excluding hydrogens is 402 g/mol. The SMILES string of the molecule is CC(C)[C@H](NC(=O)c1c(F)cccc1F)C(=O)Nc1ccc2nc(C3CCC3)[nH]c2c1. The van der Waals surface area contributed by atoms with Crippen LogP contribution >= 0.6 is 0 Å². The molecule has 3 N–H and O–H groups in total. The van der Waals surface area contributed by atoms with E-state index in [1.54, 1.807) is 26.0 Å². The third kappa shape index (κ3) is 4.28. The number of amides is 2. The molecule has 8 heteroatoms. The molecule has 1 aliphatic carbocycles. The Morgan fingerprint density at radius 2 is 1.84 bits per heavy atom. The van der Waals surface area contributed by atoms with Gasteiger partial charge in [0, 0.05) is 11.6 Å². The second-order valence-corrected chi connectivity index (χ2v) is 8.26. The first-order valence-electron chi connectivity index (χ1n) is 10.4. The van der Waals surface area contributed by atoms with E-state index < -0.39 is 35.1 Å². The van der Waals surface area contributed by atoms with Crippen LogP contribution in [0.15, 0.2) is 36.4 Å². The van der Waals surface area contributed by atoms with E-state index in [1.165, 1.54) is 12.5 Å². The predicted molar refractivity (Wildman–Crippen MR) is 114 cm³/mol. The lowest BCUT2D eigenvalue weighted by atomic mass is 9.85. The summed E-state index contributed by atoms with van der Waals surface area (Å²) >= 11 is 0. The number of benzene rings is 2. The molecule has 1 aliphatic rings. The highest BCUT2D eigenvalue weighted by molar-refractivity contribution is 6.02. The van der Waals surface area contributed by atoms with Crippen LogP contribution in [-0.4, -0.2) is 27.8 Å². The van der Waals surface area contributed by atoms with Gasteiger partial charge in [0.15, 0.2) is 0 Å². The highest BCUT2D eigenvalue weighted by atomic mass is 19.1. The molecule has 1 saturated carbocycles. The first-order chi connectivity index (χ1) is 14.8. The molecule has 0 bridgehead atoms. The van der Waals surface area contributed by atoms with Crippen LogP contribution in [0.2, 0.25) is 0 Å². The summed E-state index contributed by atoms with van der Waals surface area (Å²) in [5.74, 6) is -2.29. The van der Waals surface area contributed by atoms with Gasteiger partial charge in [-0.25, -0.2) is 13.8 Å². The maximum atomic E-state index is 13.9. The lowest BCUT2D eigenvalue weighted by Gasteiger charge is -2.22. The molecule has 0 unspecified atom stereocenters. The number of fused-ring (bicyclic) bond motifs is 1. The molecule has 1 aromatic heterocycles. The van der Waals surface area contributed by atoms with Gasteiger partial charge in [-0.05, 0) is 49.1 Å². The monoisotopic (exact) mass is 426 g/mol. The zero-order chi connectivity index (χ0) is 22.1. The fourth-order valence-electron chi connectivity index (χ4n) is 3.67. The normalized spacial score (nSPS) is 15.0. The molecule has 1 atom stereocenters. The Bertz CT molecular complexity index is 1120. The van der Waals surface area contributed by atoms with Crippen LogP contribution in [0.3, 0.4) is 0 Å². The molecule has 0 radical (unpaired) electrons. The molecule has 2 aromatic carbocycles. The van der Waals surface area contributed by atoms with Gasteiger partial charge >= 0.3 is 0 Å². The van der Waals surface area contributed by atoms with Gasteiger partial charge in [0.25, 0.3) is 5.91 Å². The van der Waals surface area contributed by atoms with Crippen LogP contribution in [0.1, 0.15) is 55.2 Å². The van der Waals surface area contributed by atoms with Crippen molar-refractivity contribution in [3.8, 4) is 0 Å². The van der Waals surface area contributed by atoms with Crippen LogP contribution in [0.4, 0.5) is 14.5 Å². The van der Waals surface area contributed by atoms with Gasteiger partial charge in [0.2, 0.25) is 5.91 Å². The summed E-state index contributed by atoms with van der Waals surface area (Å²) in [6, 6.07) is 7.55. The average Bonchev–Trinajstić information content (AvgIpc) is 3.06. The van der Waals surface area contributed by atoms with E-state index in [0.717, 1.165) is 41.8 Å². The number of anilines is 1. The fourth-order valence-corrected chi connectivity index (χ4v) is 3.67. The van der Waals surface area contributed by atoms with Gasteiger partial charge in [-0.15, -0.1) is 0 Å². The standard InChI is InChI=1S/C23H24F2N4O2/c1-12(2)20(29-22(30)19-15(24)7-4-8-16(19)25)23(31)26-14-9-10-17-18(11-14)28-21(27-17)13-5-3-6-13/h4,7-13,20H,3,5-6H2,1-2H3,(H,26,31)(H,27,28)(H,29,30)/t20-/m0/s1. The zero-order valence-electron chi connectivity index (χ0n) is 17.3. The quantitative estimate of drug-likeness (QED) is 0.542. The van der Waals surface area contributed by atoms with Crippen molar-refractivity contribution in [1.82, 2.24) is 15.3 Å². The molecular formula is C23H24F2N4O2. The summed E-state index contributed by atoms with van der Waals surface area (Å²) in [5.41, 5.74) is 1.48. The summed E-state index contributed by atoms with van der Waals surface area (Å²) < 4.78 is 27.9. The molecule has 162 valence electrons. The lowest BCUT2D eigenvalue weighted by Crippen LogP contribution is -2.47. The maximum absolute atomic E-state index is 13.9. The molecule has 2 amide bonds. The molecule has 31 heavy (non-hydrogen) atoms. The number of aromatic amines is 1. The van der Waals surface area contributed by atoms with Crippen molar-refractivity contribution in [2.45, 2.75) is 45.1 Å². The summed E-state index contributed by atoms with van der Waals surface area (Å²) in [7, 11) is 0. The Morgan fingerprint density at radius 3 is 2.45 bits per heavy atom. The van der Waals surface area contributed by atoms with Crippen molar-refractivity contribution in [2.24, 2.45) is 5.92 Å². The second kappa shape index (κ2) is 8.45. The van der Waals surface area contributed by atoms with Crippen LogP contribution in [0.25, 0.3) is 11.0 Å². The van der Waals surface area contributed by atoms with Crippen molar-refractivity contribution in [2.75, 3.05) is 5.32 Å². The molecule has 4 rings (SSSR count). The number of H-pyrrole nitrogens is 1. The first-order valence-corrected chi connectivity index (χ1v) is 10.4. The van der Waals surface area contributed by atoms with Crippen molar-refractivity contribution in [1.29, 1.82) is 0 Å². The predicted octanol–water partition coefficient (Wildman–Crippen LogP) is 4.50. The Balaban J connectivity index is 1.50. The van der Waals surface area contributed by atoms with Gasteiger partial charge in [0.05, 0.1) is 11.0 Å². The van der Waals surface area contributed by atoms with Gasteiger partial charge in [-0.3, -0.25) is 9.59 Å². The number of imidazole rings is 1. The number of carbonyl (C=O) groups is 2. The third-order valence-electron chi connectivity index (χ3n) is 5.69. The molecule has 3 aromatic rings. The number of nitrogens with one attached hydrogen (secondary N) is 3. The van der Waals surface area contributed by atoms with Gasteiger partial charge in [-0.2, -0.15) is 0 Å². The number of carbonyl (C=O) groups excluding carboxylic acids is 2. The fraction of sp³-hybridized carbons (Fsp3) is 0.348. The molecule has 0 aliphatic heterocycles. The van der Waals surface area contributed by atoms with E-state index in [2.05, 4.69) is 20.6 Å². The Morgan fingerprint density at radius 1 is 1.13 bits per heavy atom. The van der Waals surface area contributed by atoms with Crippen LogP contribution < -0.4 is 10.6 Å². The third-order valence-corrected chi connectivity index (χ3v) is 5.69. The summed E-state index contributed by atoms with van der Waals surface area (Å²) in [6.07, 6.45) is 3.46. The molecule has 0 saturated heterocycles. The Kier molecular flexibility index (Phi) is 5.71. The van der Waals surface area contributed by atoms with Crippen LogP contribution in [0.5, 0.6) is 0 Å². The topological polar surface area (TPSA) is 86.9 Å². The van der Waals surface area contributed by atoms with Gasteiger partial charge in [-0.1, -0.05) is 26.3 Å². The van der Waals surface area contributed by atoms with E-state index >= 15 is 0 Å². The maximum Gasteiger partial charge on any atom is 0.257 e. The number of aromatic nitrogens is 2. The summed E-state index contributed by atoms with van der Waals surface area (Å²) in [5, 5.41) is 5.23. The number of halogens is 2. The lowest BCUT2D eigenvalue weighted by molar-refractivity contribution is -0.118. The minimum absolute atomic E-state index is 0.306. The largest absolute Gasteiger partial charge is 0.342 e. The van der Waals surface area contributed by atoms with E-state index in [0.29, 0.717) is 11.6 Å².